The van der Waals surface area contributed by atoms with Crippen LogP contribution in [0.4, 0.5) is 8.78 Å². The van der Waals surface area contributed by atoms with Crippen LogP contribution in [0.25, 0.3) is 0 Å². The monoisotopic (exact) mass is 603 g/mol. The molecule has 230 valence electrons. The number of carbonyl (C=O) groups excluding carboxylic acids is 1. The van der Waals surface area contributed by atoms with Crippen LogP contribution >= 0.6 is 0 Å². The Hall–Kier alpha value is -2.24. The van der Waals surface area contributed by atoms with Crippen molar-refractivity contribution in [1.82, 2.24) is 9.62 Å². The Balaban J connectivity index is 1.34. The molecule has 2 unspecified atom stereocenters. The number of nitrogens with two attached hydrogens (primary N) is 1. The van der Waals surface area contributed by atoms with E-state index in [1.165, 1.54) is 24.3 Å². The lowest BCUT2D eigenvalue weighted by Crippen LogP contribution is -2.57. The van der Waals surface area contributed by atoms with Gasteiger partial charge in [-0.25, -0.2) is 17.2 Å². The summed E-state index contributed by atoms with van der Waals surface area (Å²) in [4.78, 5) is 13.8. The molecule has 0 saturated carbocycles. The van der Waals surface area contributed by atoms with Crippen LogP contribution in [0.15, 0.2) is 42.5 Å². The molecule has 0 aromatic heterocycles. The highest BCUT2D eigenvalue weighted by Crippen LogP contribution is 2.39. The topological polar surface area (TPSA) is 102 Å². The number of carbonyl (C=O) groups is 1. The van der Waals surface area contributed by atoms with Crippen molar-refractivity contribution in [3.05, 3.63) is 70.8 Å². The minimum absolute atomic E-state index is 0.0105. The van der Waals surface area contributed by atoms with Gasteiger partial charge in [-0.05, 0) is 99.2 Å². The first kappa shape index (κ1) is 31.2. The summed E-state index contributed by atoms with van der Waals surface area (Å²) in [6.45, 7) is 5.07. The van der Waals surface area contributed by atoms with Crippen molar-refractivity contribution in [3.8, 4) is 0 Å². The summed E-state index contributed by atoms with van der Waals surface area (Å²) < 4.78 is 61.6. The number of Topliss-reactive ketones (excluding diaryl/α,β-unsaturated/α-hetero) is 1. The molecule has 2 aromatic carbocycles. The highest BCUT2D eigenvalue weighted by Gasteiger charge is 2.39. The molecule has 2 aromatic rings. The Bertz CT molecular complexity index is 1350. The van der Waals surface area contributed by atoms with Crippen LogP contribution in [0.5, 0.6) is 0 Å². The maximum absolute atomic E-state index is 14.5. The molecule has 0 radical (unpaired) electrons. The van der Waals surface area contributed by atoms with E-state index in [1.54, 1.807) is 22.5 Å². The normalized spacial score (nSPS) is 30.7. The maximum atomic E-state index is 14.5. The smallest absolute Gasteiger partial charge is 0.214 e. The molecule has 2 bridgehead atoms. The molecule has 3 N–H and O–H groups in total. The van der Waals surface area contributed by atoms with E-state index >= 15 is 0 Å². The molecule has 3 fully saturated rings. The maximum Gasteiger partial charge on any atom is 0.214 e. The van der Waals surface area contributed by atoms with Crippen LogP contribution in [0, 0.1) is 17.6 Å². The van der Waals surface area contributed by atoms with E-state index in [0.717, 1.165) is 30.4 Å². The van der Waals surface area contributed by atoms with Crippen molar-refractivity contribution >= 4 is 15.8 Å². The molecular formula is C32H43F2N3O4S. The largest absolute Gasteiger partial charge is 0.376 e. The van der Waals surface area contributed by atoms with E-state index in [4.69, 9.17) is 10.5 Å². The molecule has 3 heterocycles. The minimum Gasteiger partial charge on any atom is -0.376 e. The van der Waals surface area contributed by atoms with E-state index in [-0.39, 0.29) is 59.9 Å². The van der Waals surface area contributed by atoms with Gasteiger partial charge in [-0.3, -0.25) is 4.79 Å². The summed E-state index contributed by atoms with van der Waals surface area (Å²) >= 11 is 0. The number of nitrogens with zero attached hydrogens (tertiary/aromatic N) is 1. The number of nitrogens with one attached hydrogen (secondary N) is 1. The van der Waals surface area contributed by atoms with Gasteiger partial charge in [-0.15, -0.1) is 0 Å². The van der Waals surface area contributed by atoms with Gasteiger partial charge < -0.3 is 15.8 Å². The Kier molecular flexibility index (Phi) is 9.79. The standard InChI is InChI=1S/C32H43F2N3O4S/c1-20-14-25(15-21(2)41-20)31(23-6-9-26(33)10-7-23)32(35)30(38)17-24-16-27(34)11-5-22(24)8-12-29-18-36-28-4-3-13-42(39,40)37(29)19-28/h5-7,9-11,16,20-21,25,28-29,31-32,36H,3-4,8,12-15,17-19,35H2,1-2H3/t20-,21+,25?,28-,29+,31+,32-/m1/s1. The van der Waals surface area contributed by atoms with Crippen LogP contribution in [0.2, 0.25) is 0 Å². The zero-order chi connectivity index (χ0) is 30.0. The molecule has 5 rings (SSSR count). The van der Waals surface area contributed by atoms with Gasteiger partial charge in [0.15, 0.2) is 5.78 Å². The van der Waals surface area contributed by atoms with Gasteiger partial charge in [-0.1, -0.05) is 18.2 Å². The Morgan fingerprint density at radius 2 is 1.76 bits per heavy atom. The van der Waals surface area contributed by atoms with Gasteiger partial charge in [0.2, 0.25) is 10.0 Å². The van der Waals surface area contributed by atoms with Crippen molar-refractivity contribution in [1.29, 1.82) is 0 Å². The number of piperazine rings is 1. The molecule has 10 heteroatoms. The summed E-state index contributed by atoms with van der Waals surface area (Å²) in [7, 11) is -3.32. The van der Waals surface area contributed by atoms with Crippen LogP contribution in [0.1, 0.15) is 68.6 Å². The van der Waals surface area contributed by atoms with Crippen LogP contribution < -0.4 is 11.1 Å². The number of fused-ring (bicyclic) bond motifs is 2. The zero-order valence-electron chi connectivity index (χ0n) is 24.5. The van der Waals surface area contributed by atoms with Crippen LogP contribution in [-0.4, -0.2) is 67.7 Å². The fraction of sp³-hybridized carbons (Fsp3) is 0.594. The van der Waals surface area contributed by atoms with Crippen molar-refractivity contribution < 1.29 is 26.7 Å². The molecule has 3 aliphatic rings. The third kappa shape index (κ3) is 7.27. The van der Waals surface area contributed by atoms with E-state index in [2.05, 4.69) is 5.32 Å². The highest BCUT2D eigenvalue weighted by molar-refractivity contribution is 7.89. The second-order valence-corrected chi connectivity index (χ2v) is 14.5. The number of halogens is 2. The molecular weight excluding hydrogens is 560 g/mol. The predicted molar refractivity (Wildman–Crippen MR) is 159 cm³/mol. The van der Waals surface area contributed by atoms with Crippen molar-refractivity contribution in [2.24, 2.45) is 11.7 Å². The van der Waals surface area contributed by atoms with Gasteiger partial charge in [0.1, 0.15) is 11.6 Å². The molecule has 7 nitrogen and oxygen atoms in total. The van der Waals surface area contributed by atoms with Crippen molar-refractivity contribution in [2.75, 3.05) is 18.8 Å². The summed E-state index contributed by atoms with van der Waals surface area (Å²) in [6, 6.07) is 9.77. The number of aryl methyl sites for hydroxylation is 1. The fourth-order valence-corrected chi connectivity index (χ4v) is 9.09. The molecule has 3 aliphatic heterocycles. The third-order valence-corrected chi connectivity index (χ3v) is 11.3. The fourth-order valence-electron chi connectivity index (χ4n) is 7.28. The highest BCUT2D eigenvalue weighted by atomic mass is 32.2. The Labute approximate surface area is 248 Å². The zero-order valence-corrected chi connectivity index (χ0v) is 25.3. The van der Waals surface area contributed by atoms with Gasteiger partial charge in [0, 0.05) is 37.5 Å². The average Bonchev–Trinajstić information content (AvgIpc) is 3.05. The first-order valence-corrected chi connectivity index (χ1v) is 16.8. The molecule has 8 atom stereocenters. The Morgan fingerprint density at radius 1 is 1.07 bits per heavy atom. The summed E-state index contributed by atoms with van der Waals surface area (Å²) in [6.07, 6.45) is 4.02. The van der Waals surface area contributed by atoms with Crippen LogP contribution in [0.3, 0.4) is 0 Å². The van der Waals surface area contributed by atoms with Crippen LogP contribution in [-0.2, 0) is 32.4 Å². The van der Waals surface area contributed by atoms with E-state index in [0.29, 0.717) is 37.9 Å². The SMILES string of the molecule is C[C@@H]1CC([C@H](c2ccc(F)cc2)[C@H](N)C(=O)Cc2cc(F)ccc2CC[C@H]2CN[C@@H]3CCCS(=O)(=O)N2C3)C[C@H](C)O1. The molecule has 0 spiro atoms. The summed E-state index contributed by atoms with van der Waals surface area (Å²) in [5.74, 6) is -1.10. The first-order valence-electron chi connectivity index (χ1n) is 15.2. The van der Waals surface area contributed by atoms with E-state index in [1.807, 2.05) is 13.8 Å². The number of benzene rings is 2. The third-order valence-electron chi connectivity index (χ3n) is 9.30. The number of sulfonamides is 1. The van der Waals surface area contributed by atoms with Gasteiger partial charge >= 0.3 is 0 Å². The molecule has 3 saturated heterocycles. The lowest BCUT2D eigenvalue weighted by molar-refractivity contribution is -0.121. The molecule has 42 heavy (non-hydrogen) atoms. The average molecular weight is 604 g/mol. The summed E-state index contributed by atoms with van der Waals surface area (Å²) in [5, 5.41) is 3.49. The van der Waals surface area contributed by atoms with E-state index in [9.17, 15) is 22.0 Å². The lowest BCUT2D eigenvalue weighted by atomic mass is 9.73. The number of hydrogen-bond acceptors (Lipinski definition) is 6. The first-order chi connectivity index (χ1) is 20.0. The summed E-state index contributed by atoms with van der Waals surface area (Å²) in [5.41, 5.74) is 8.92. The van der Waals surface area contributed by atoms with Gasteiger partial charge in [0.25, 0.3) is 0 Å². The second-order valence-electron chi connectivity index (χ2n) is 12.5. The predicted octanol–water partition coefficient (Wildman–Crippen LogP) is 4.09. The van der Waals surface area contributed by atoms with Crippen molar-refractivity contribution in [2.45, 2.75) is 95.0 Å². The lowest BCUT2D eigenvalue weighted by Gasteiger charge is -2.39. The van der Waals surface area contributed by atoms with E-state index < -0.39 is 21.9 Å². The minimum atomic E-state index is -3.32. The van der Waals surface area contributed by atoms with Gasteiger partial charge in [0.05, 0.1) is 24.0 Å². The molecule has 0 aliphatic carbocycles. The number of ether oxygens (including phenoxy) is 1. The number of hydrogen-bond donors (Lipinski definition) is 2. The Morgan fingerprint density at radius 3 is 2.48 bits per heavy atom. The second kappa shape index (κ2) is 13.2. The van der Waals surface area contributed by atoms with Gasteiger partial charge in [-0.2, -0.15) is 4.31 Å². The van der Waals surface area contributed by atoms with Crippen molar-refractivity contribution in [3.63, 3.8) is 0 Å². The quantitative estimate of drug-likeness (QED) is 0.448. The molecule has 0 amide bonds. The number of rotatable bonds is 9. The number of ketones is 1.